The number of carbonyl (C=O) groups is 1. The summed E-state index contributed by atoms with van der Waals surface area (Å²) in [6, 6.07) is 0. The molecule has 5 atom stereocenters. The summed E-state index contributed by atoms with van der Waals surface area (Å²) in [4.78, 5) is 11.7. The van der Waals surface area contributed by atoms with Crippen molar-refractivity contribution in [2.45, 2.75) is 44.4 Å². The van der Waals surface area contributed by atoms with E-state index in [4.69, 9.17) is 5.73 Å². The van der Waals surface area contributed by atoms with Gasteiger partial charge in [-0.25, -0.2) is 0 Å². The number of carbonyl (C=O) groups excluding carboxylic acids is 1. The normalized spacial score (nSPS) is 46.3. The molecule has 4 rings (SSSR count). The van der Waals surface area contributed by atoms with E-state index >= 15 is 0 Å². The molecule has 4 bridgehead atoms. The molecule has 0 spiro atoms. The molecule has 3 N–H and O–H groups in total. The van der Waals surface area contributed by atoms with Crippen molar-refractivity contribution in [3.63, 3.8) is 0 Å². The minimum atomic E-state index is -4.63. The van der Waals surface area contributed by atoms with Crippen LogP contribution in [0.4, 0.5) is 13.2 Å². The van der Waals surface area contributed by atoms with Crippen LogP contribution in [0.5, 0.6) is 0 Å². The SMILES string of the molecule is NC(=O)C12[CH]C3CC(C1)CC(C(O)C(F)(F)F)(C3)C2. The number of primary amides is 1. The predicted octanol–water partition coefficient (Wildman–Crippen LogP) is 1.80. The van der Waals surface area contributed by atoms with E-state index in [9.17, 15) is 23.1 Å². The zero-order chi connectivity index (χ0) is 14.1. The molecule has 4 fully saturated rings. The van der Waals surface area contributed by atoms with E-state index in [0.717, 1.165) is 6.42 Å². The van der Waals surface area contributed by atoms with Crippen LogP contribution < -0.4 is 5.73 Å². The number of amides is 1. The van der Waals surface area contributed by atoms with Gasteiger partial charge in [-0.1, -0.05) is 0 Å². The molecule has 1 radical (unpaired) electrons. The number of halogens is 3. The third-order valence-electron chi connectivity index (χ3n) is 5.26. The van der Waals surface area contributed by atoms with Gasteiger partial charge in [0, 0.05) is 5.41 Å². The summed E-state index contributed by atoms with van der Waals surface area (Å²) in [7, 11) is 0. The van der Waals surface area contributed by atoms with Crippen molar-refractivity contribution >= 4 is 5.91 Å². The van der Waals surface area contributed by atoms with Crippen LogP contribution in [-0.4, -0.2) is 23.3 Å². The molecular weight excluding hydrogens is 259 g/mol. The van der Waals surface area contributed by atoms with E-state index in [1.54, 1.807) is 0 Å². The third kappa shape index (κ3) is 1.79. The van der Waals surface area contributed by atoms with E-state index in [-0.39, 0.29) is 18.3 Å². The van der Waals surface area contributed by atoms with Crippen LogP contribution in [0.3, 0.4) is 0 Å². The molecule has 4 aliphatic carbocycles. The lowest BCUT2D eigenvalue weighted by molar-refractivity contribution is -0.265. The van der Waals surface area contributed by atoms with Crippen LogP contribution >= 0.6 is 0 Å². The van der Waals surface area contributed by atoms with Gasteiger partial charge in [0.05, 0.1) is 5.41 Å². The van der Waals surface area contributed by atoms with Crippen molar-refractivity contribution in [3.05, 3.63) is 6.42 Å². The fourth-order valence-corrected chi connectivity index (χ4v) is 4.93. The fourth-order valence-electron chi connectivity index (χ4n) is 4.93. The Morgan fingerprint density at radius 3 is 2.58 bits per heavy atom. The Hall–Kier alpha value is -0.780. The summed E-state index contributed by atoms with van der Waals surface area (Å²) < 4.78 is 38.7. The van der Waals surface area contributed by atoms with Crippen LogP contribution in [0.15, 0.2) is 0 Å². The van der Waals surface area contributed by atoms with Crippen molar-refractivity contribution in [1.29, 1.82) is 0 Å². The van der Waals surface area contributed by atoms with Crippen molar-refractivity contribution in [1.82, 2.24) is 0 Å². The standard InChI is InChI=1S/C13H17F3NO2/c14-13(15,16)9(18)11-2-7-1-8(3-11)5-12(4-7,6-11)10(17)19/h4,7-9,18H,1-3,5-6H2,(H2,17,19). The second-order valence-electron chi connectivity index (χ2n) is 6.64. The van der Waals surface area contributed by atoms with Crippen LogP contribution in [0.1, 0.15) is 32.1 Å². The number of nitrogens with two attached hydrogens (primary N) is 1. The topological polar surface area (TPSA) is 63.3 Å². The van der Waals surface area contributed by atoms with E-state index in [2.05, 4.69) is 0 Å². The Morgan fingerprint density at radius 1 is 1.37 bits per heavy atom. The molecule has 4 aliphatic rings. The minimum absolute atomic E-state index is 0.0225. The van der Waals surface area contributed by atoms with E-state index in [0.29, 0.717) is 19.3 Å². The summed E-state index contributed by atoms with van der Waals surface area (Å²) in [5.41, 5.74) is 3.28. The molecule has 107 valence electrons. The molecule has 6 heteroatoms. The second kappa shape index (κ2) is 3.65. The van der Waals surface area contributed by atoms with Gasteiger partial charge >= 0.3 is 6.18 Å². The maximum atomic E-state index is 12.9. The summed E-state index contributed by atoms with van der Waals surface area (Å²) in [6.07, 6.45) is -3.04. The van der Waals surface area contributed by atoms with Crippen LogP contribution in [0, 0.1) is 29.1 Å². The highest BCUT2D eigenvalue weighted by Crippen LogP contribution is 2.66. The predicted molar refractivity (Wildman–Crippen MR) is 60.5 cm³/mol. The molecule has 0 aromatic heterocycles. The lowest BCUT2D eigenvalue weighted by Gasteiger charge is -2.62. The molecule has 0 aromatic carbocycles. The van der Waals surface area contributed by atoms with Crippen LogP contribution in [0.2, 0.25) is 0 Å². The average Bonchev–Trinajstić information content (AvgIpc) is 2.24. The smallest absolute Gasteiger partial charge is 0.383 e. The molecule has 0 heterocycles. The Balaban J connectivity index is 1.98. The van der Waals surface area contributed by atoms with E-state index in [1.807, 2.05) is 6.42 Å². The number of hydrogen-bond donors (Lipinski definition) is 2. The number of aliphatic hydroxyl groups is 1. The van der Waals surface area contributed by atoms with Crippen molar-refractivity contribution in [2.24, 2.45) is 28.4 Å². The minimum Gasteiger partial charge on any atom is -0.383 e. The maximum Gasteiger partial charge on any atom is 0.414 e. The first-order valence-electron chi connectivity index (χ1n) is 6.58. The van der Waals surface area contributed by atoms with Gasteiger partial charge in [-0.2, -0.15) is 13.2 Å². The summed E-state index contributed by atoms with van der Waals surface area (Å²) in [5, 5.41) is 9.76. The van der Waals surface area contributed by atoms with Crippen molar-refractivity contribution in [3.8, 4) is 0 Å². The quantitative estimate of drug-likeness (QED) is 0.807. The Kier molecular flexibility index (Phi) is 2.54. The highest BCUT2D eigenvalue weighted by molar-refractivity contribution is 5.83. The van der Waals surface area contributed by atoms with Gasteiger partial charge in [0.2, 0.25) is 5.91 Å². The second-order valence-corrected chi connectivity index (χ2v) is 6.64. The molecule has 4 saturated carbocycles. The van der Waals surface area contributed by atoms with E-state index < -0.39 is 29.0 Å². The lowest BCUT2D eigenvalue weighted by Crippen LogP contribution is -2.62. The largest absolute Gasteiger partial charge is 0.414 e. The van der Waals surface area contributed by atoms with Gasteiger partial charge in [0.1, 0.15) is 0 Å². The van der Waals surface area contributed by atoms with Gasteiger partial charge in [-0.3, -0.25) is 4.79 Å². The zero-order valence-electron chi connectivity index (χ0n) is 10.4. The Morgan fingerprint density at radius 2 is 2.05 bits per heavy atom. The highest BCUT2D eigenvalue weighted by atomic mass is 19.4. The van der Waals surface area contributed by atoms with Gasteiger partial charge in [-0.15, -0.1) is 0 Å². The van der Waals surface area contributed by atoms with Gasteiger partial charge in [0.25, 0.3) is 0 Å². The van der Waals surface area contributed by atoms with Crippen molar-refractivity contribution in [2.75, 3.05) is 0 Å². The number of rotatable bonds is 2. The third-order valence-corrected chi connectivity index (χ3v) is 5.26. The van der Waals surface area contributed by atoms with Gasteiger partial charge in [-0.05, 0) is 50.4 Å². The molecule has 19 heavy (non-hydrogen) atoms. The van der Waals surface area contributed by atoms with Crippen LogP contribution in [-0.2, 0) is 4.79 Å². The van der Waals surface area contributed by atoms with Crippen molar-refractivity contribution < 1.29 is 23.1 Å². The first kappa shape index (κ1) is 13.2. The molecule has 1 amide bonds. The monoisotopic (exact) mass is 276 g/mol. The lowest BCUT2D eigenvalue weighted by atomic mass is 9.42. The van der Waals surface area contributed by atoms with Crippen LogP contribution in [0.25, 0.3) is 0 Å². The highest BCUT2D eigenvalue weighted by Gasteiger charge is 2.66. The Labute approximate surface area is 109 Å². The number of aliphatic hydroxyl groups excluding tert-OH is 1. The summed E-state index contributed by atoms with van der Waals surface area (Å²) in [6.45, 7) is 0. The van der Waals surface area contributed by atoms with Gasteiger partial charge in [0.15, 0.2) is 6.10 Å². The fraction of sp³-hybridized carbons (Fsp3) is 0.846. The average molecular weight is 276 g/mol. The molecule has 0 aromatic rings. The number of alkyl halides is 3. The molecule has 3 nitrogen and oxygen atoms in total. The first-order valence-corrected chi connectivity index (χ1v) is 6.58. The van der Waals surface area contributed by atoms with E-state index in [1.165, 1.54) is 0 Å². The molecule has 5 unspecified atom stereocenters. The van der Waals surface area contributed by atoms with Gasteiger partial charge < -0.3 is 10.8 Å². The first-order chi connectivity index (χ1) is 8.67. The summed E-state index contributed by atoms with van der Waals surface area (Å²) >= 11 is 0. The summed E-state index contributed by atoms with van der Waals surface area (Å²) in [5.74, 6) is -0.493. The maximum absolute atomic E-state index is 12.9. The molecule has 0 aliphatic heterocycles. The molecular formula is C13H17F3NO2. The number of hydrogen-bond acceptors (Lipinski definition) is 2. The Bertz CT molecular complexity index is 407. The zero-order valence-corrected chi connectivity index (χ0v) is 10.4. The molecule has 0 saturated heterocycles.